The Bertz CT molecular complexity index is 1110. The Kier molecular flexibility index (Phi) is 9.08. The van der Waals surface area contributed by atoms with E-state index >= 15 is 0 Å². The van der Waals surface area contributed by atoms with Crippen LogP contribution in [0.4, 0.5) is 4.39 Å². The number of carbonyl (C=O) groups is 1. The molecule has 0 saturated heterocycles. The molecule has 0 bridgehead atoms. The Labute approximate surface area is 201 Å². The van der Waals surface area contributed by atoms with E-state index in [1.807, 2.05) is 56.3 Å². The number of hydrogen-bond acceptors (Lipinski definition) is 4. The van der Waals surface area contributed by atoms with Gasteiger partial charge in [0.05, 0.1) is 13.7 Å². The van der Waals surface area contributed by atoms with Crippen LogP contribution in [0, 0.1) is 5.82 Å². The third-order valence-corrected chi connectivity index (χ3v) is 5.73. The number of ether oxygens (including phenoxy) is 3. The maximum atomic E-state index is 14.6. The third-order valence-electron chi connectivity index (χ3n) is 5.73. The monoisotopic (exact) mass is 464 g/mol. The van der Waals surface area contributed by atoms with Gasteiger partial charge in [-0.15, -0.1) is 0 Å². The highest BCUT2D eigenvalue weighted by Crippen LogP contribution is 2.35. The van der Waals surface area contributed by atoms with Gasteiger partial charge in [0.1, 0.15) is 35.5 Å². The van der Waals surface area contributed by atoms with Gasteiger partial charge in [0.25, 0.3) is 0 Å². The first-order chi connectivity index (χ1) is 16.4. The predicted molar refractivity (Wildman–Crippen MR) is 133 cm³/mol. The second-order valence-corrected chi connectivity index (χ2v) is 8.38. The van der Waals surface area contributed by atoms with Crippen molar-refractivity contribution in [3.63, 3.8) is 0 Å². The standard InChI is InChI=1S/C29H33FO4/c1-5-14-33-29-16-21(10-12-26(29)27-18-24(32-4)11-13-28(27)30)19-34-25-9-7-8-22(17-25)20(3)15-23(31)6-2/h7-13,16-18,20H,5-6,14-15,19H2,1-4H3/t20-/m0/s1. The van der Waals surface area contributed by atoms with Crippen molar-refractivity contribution >= 4 is 5.78 Å². The molecule has 1 atom stereocenters. The van der Waals surface area contributed by atoms with Gasteiger partial charge in [0.15, 0.2) is 0 Å². The summed E-state index contributed by atoms with van der Waals surface area (Å²) in [6.45, 7) is 6.84. The molecular formula is C29H33FO4. The van der Waals surface area contributed by atoms with Crippen LogP contribution in [-0.2, 0) is 11.4 Å². The molecule has 4 nitrogen and oxygen atoms in total. The quantitative estimate of drug-likeness (QED) is 0.281. The van der Waals surface area contributed by atoms with Gasteiger partial charge >= 0.3 is 0 Å². The summed E-state index contributed by atoms with van der Waals surface area (Å²) in [5, 5.41) is 0. The maximum absolute atomic E-state index is 14.6. The molecule has 0 saturated carbocycles. The van der Waals surface area contributed by atoms with Crippen molar-refractivity contribution in [2.75, 3.05) is 13.7 Å². The number of Topliss-reactive ketones (excluding diaryl/α,β-unsaturated/α-hetero) is 1. The van der Waals surface area contributed by atoms with Gasteiger partial charge in [0.2, 0.25) is 0 Å². The predicted octanol–water partition coefficient (Wildman–Crippen LogP) is 7.34. The van der Waals surface area contributed by atoms with Crippen molar-refractivity contribution in [1.82, 2.24) is 0 Å². The Morgan fingerprint density at radius 1 is 0.941 bits per heavy atom. The lowest BCUT2D eigenvalue weighted by Crippen LogP contribution is -2.04. The van der Waals surface area contributed by atoms with Crippen LogP contribution in [0.5, 0.6) is 17.2 Å². The van der Waals surface area contributed by atoms with Gasteiger partial charge < -0.3 is 14.2 Å². The smallest absolute Gasteiger partial charge is 0.133 e. The minimum Gasteiger partial charge on any atom is -0.497 e. The second-order valence-electron chi connectivity index (χ2n) is 8.38. The second kappa shape index (κ2) is 12.2. The first kappa shape index (κ1) is 25.3. The summed E-state index contributed by atoms with van der Waals surface area (Å²) >= 11 is 0. The molecule has 0 amide bonds. The maximum Gasteiger partial charge on any atom is 0.133 e. The van der Waals surface area contributed by atoms with Gasteiger partial charge in [-0.3, -0.25) is 4.79 Å². The molecule has 0 heterocycles. The summed E-state index contributed by atoms with van der Waals surface area (Å²) < 4.78 is 31.9. The number of rotatable bonds is 12. The van der Waals surface area contributed by atoms with E-state index in [0.717, 1.165) is 23.3 Å². The van der Waals surface area contributed by atoms with Gasteiger partial charge in [-0.1, -0.05) is 45.0 Å². The fourth-order valence-electron chi connectivity index (χ4n) is 3.73. The van der Waals surface area contributed by atoms with Gasteiger partial charge in [0, 0.05) is 24.0 Å². The van der Waals surface area contributed by atoms with Crippen molar-refractivity contribution in [2.45, 2.75) is 52.6 Å². The van der Waals surface area contributed by atoms with E-state index in [1.165, 1.54) is 6.07 Å². The molecule has 0 N–H and O–H groups in total. The number of ketones is 1. The minimum atomic E-state index is -0.335. The van der Waals surface area contributed by atoms with Crippen molar-refractivity contribution in [3.8, 4) is 28.4 Å². The molecule has 0 fully saturated rings. The van der Waals surface area contributed by atoms with Gasteiger partial charge in [-0.05, 0) is 59.9 Å². The molecule has 0 radical (unpaired) electrons. The fourth-order valence-corrected chi connectivity index (χ4v) is 3.73. The van der Waals surface area contributed by atoms with Crippen LogP contribution in [0.25, 0.3) is 11.1 Å². The van der Waals surface area contributed by atoms with Crippen molar-refractivity contribution < 1.29 is 23.4 Å². The van der Waals surface area contributed by atoms with Crippen molar-refractivity contribution in [3.05, 3.63) is 77.6 Å². The topological polar surface area (TPSA) is 44.8 Å². The van der Waals surface area contributed by atoms with Crippen LogP contribution in [0.1, 0.15) is 57.1 Å². The molecule has 0 aliphatic carbocycles. The zero-order valence-electron chi connectivity index (χ0n) is 20.4. The lowest BCUT2D eigenvalue weighted by molar-refractivity contribution is -0.119. The molecule has 0 aliphatic heterocycles. The Morgan fingerprint density at radius 3 is 2.50 bits per heavy atom. The lowest BCUT2D eigenvalue weighted by Gasteiger charge is -2.16. The Morgan fingerprint density at radius 2 is 1.76 bits per heavy atom. The fraction of sp³-hybridized carbons (Fsp3) is 0.345. The normalized spacial score (nSPS) is 11.7. The largest absolute Gasteiger partial charge is 0.497 e. The van der Waals surface area contributed by atoms with Gasteiger partial charge in [-0.25, -0.2) is 4.39 Å². The van der Waals surface area contributed by atoms with Crippen LogP contribution < -0.4 is 14.2 Å². The Balaban J connectivity index is 1.80. The molecule has 0 unspecified atom stereocenters. The van der Waals surface area contributed by atoms with Crippen LogP contribution in [0.3, 0.4) is 0 Å². The number of hydrogen-bond donors (Lipinski definition) is 0. The molecule has 34 heavy (non-hydrogen) atoms. The van der Waals surface area contributed by atoms with E-state index < -0.39 is 0 Å². The summed E-state index contributed by atoms with van der Waals surface area (Å²) in [6.07, 6.45) is 1.92. The molecule has 180 valence electrons. The molecule has 0 aliphatic rings. The molecule has 3 aromatic rings. The average molecular weight is 465 g/mol. The number of benzene rings is 3. The van der Waals surface area contributed by atoms with Crippen molar-refractivity contribution in [1.29, 1.82) is 0 Å². The highest BCUT2D eigenvalue weighted by Gasteiger charge is 2.14. The molecule has 3 rings (SSSR count). The lowest BCUT2D eigenvalue weighted by atomic mass is 9.95. The summed E-state index contributed by atoms with van der Waals surface area (Å²) in [5.74, 6) is 1.99. The highest BCUT2D eigenvalue weighted by atomic mass is 19.1. The summed E-state index contributed by atoms with van der Waals surface area (Å²) in [7, 11) is 1.56. The number of carbonyl (C=O) groups excluding carboxylic acids is 1. The molecule has 5 heteroatoms. The van der Waals surface area contributed by atoms with Crippen LogP contribution in [-0.4, -0.2) is 19.5 Å². The van der Waals surface area contributed by atoms with E-state index in [1.54, 1.807) is 19.2 Å². The van der Waals surface area contributed by atoms with Crippen LogP contribution in [0.15, 0.2) is 60.7 Å². The number of halogens is 1. The summed E-state index contributed by atoms with van der Waals surface area (Å²) in [6, 6.07) is 18.2. The highest BCUT2D eigenvalue weighted by molar-refractivity contribution is 5.78. The van der Waals surface area contributed by atoms with E-state index in [9.17, 15) is 9.18 Å². The molecular weight excluding hydrogens is 431 g/mol. The zero-order valence-corrected chi connectivity index (χ0v) is 20.4. The Hall–Kier alpha value is -3.34. The molecule has 0 aromatic heterocycles. The van der Waals surface area contributed by atoms with Crippen LogP contribution in [0.2, 0.25) is 0 Å². The summed E-state index contributed by atoms with van der Waals surface area (Å²) in [4.78, 5) is 11.8. The molecule has 0 spiro atoms. The first-order valence-electron chi connectivity index (χ1n) is 11.8. The zero-order chi connectivity index (χ0) is 24.5. The van der Waals surface area contributed by atoms with E-state index in [4.69, 9.17) is 14.2 Å². The molecule has 3 aromatic carbocycles. The average Bonchev–Trinajstić information content (AvgIpc) is 2.86. The summed E-state index contributed by atoms with van der Waals surface area (Å²) in [5.41, 5.74) is 3.10. The first-order valence-corrected chi connectivity index (χ1v) is 11.8. The van der Waals surface area contributed by atoms with E-state index in [2.05, 4.69) is 6.92 Å². The van der Waals surface area contributed by atoms with E-state index in [-0.39, 0.29) is 17.5 Å². The third kappa shape index (κ3) is 6.60. The minimum absolute atomic E-state index is 0.141. The van der Waals surface area contributed by atoms with Crippen molar-refractivity contribution in [2.24, 2.45) is 0 Å². The van der Waals surface area contributed by atoms with E-state index in [0.29, 0.717) is 48.7 Å². The van der Waals surface area contributed by atoms with Crippen LogP contribution >= 0.6 is 0 Å². The SMILES string of the molecule is CCCOc1cc(COc2cccc([C@@H](C)CC(=O)CC)c2)ccc1-c1cc(OC)ccc1F. The van der Waals surface area contributed by atoms with Gasteiger partial charge in [-0.2, -0.15) is 0 Å². The number of methoxy groups -OCH3 is 1.